The number of hydrogen-bond donors (Lipinski definition) is 2. The van der Waals surface area contributed by atoms with Crippen molar-refractivity contribution in [1.82, 2.24) is 15.6 Å². The summed E-state index contributed by atoms with van der Waals surface area (Å²) in [5.74, 6) is 1.60. The summed E-state index contributed by atoms with van der Waals surface area (Å²) in [5, 5.41) is 8.27. The minimum absolute atomic E-state index is 0.356. The van der Waals surface area contributed by atoms with Crippen molar-refractivity contribution >= 4 is 17.3 Å². The largest absolute Gasteiger partial charge is 0.377 e. The molecule has 1 spiro atoms. The Hall–Kier alpha value is -1.14. The summed E-state index contributed by atoms with van der Waals surface area (Å²) in [5.41, 5.74) is 0.356. The summed E-state index contributed by atoms with van der Waals surface area (Å²) in [4.78, 5) is 10.5. The predicted molar refractivity (Wildman–Crippen MR) is 97.3 cm³/mol. The van der Waals surface area contributed by atoms with E-state index in [-0.39, 0.29) is 0 Å². The molecule has 0 amide bonds. The molecule has 132 valence electrons. The molecule has 2 heterocycles. The monoisotopic (exact) mass is 348 g/mol. The van der Waals surface area contributed by atoms with Crippen molar-refractivity contribution < 1.29 is 4.74 Å². The lowest BCUT2D eigenvalue weighted by molar-refractivity contribution is -0.125. The maximum absolute atomic E-state index is 6.08. The average molecular weight is 349 g/mol. The molecule has 1 aromatic rings. The van der Waals surface area contributed by atoms with E-state index in [1.165, 1.54) is 37.0 Å². The number of ether oxygens (including phenoxy) is 1. The van der Waals surface area contributed by atoms with Crippen LogP contribution < -0.4 is 10.6 Å². The van der Waals surface area contributed by atoms with E-state index in [1.807, 2.05) is 6.20 Å². The number of thiazole rings is 1. The van der Waals surface area contributed by atoms with Crippen LogP contribution in [0.2, 0.25) is 0 Å². The van der Waals surface area contributed by atoms with Crippen molar-refractivity contribution in [2.45, 2.75) is 64.6 Å². The van der Waals surface area contributed by atoms with Gasteiger partial charge in [-0.1, -0.05) is 12.8 Å². The van der Waals surface area contributed by atoms with E-state index in [2.05, 4.69) is 29.5 Å². The topological polar surface area (TPSA) is 58.5 Å². The molecule has 0 bridgehead atoms. The second kappa shape index (κ2) is 6.64. The third-order valence-corrected chi connectivity index (χ3v) is 6.86. The van der Waals surface area contributed by atoms with Crippen LogP contribution in [0, 0.1) is 18.3 Å². The second-order valence-corrected chi connectivity index (χ2v) is 8.69. The van der Waals surface area contributed by atoms with Crippen molar-refractivity contribution in [3.05, 3.63) is 16.1 Å². The molecule has 0 radical (unpaired) electrons. The number of aliphatic imine (C=N–C) groups is 1. The molecule has 3 atom stereocenters. The lowest BCUT2D eigenvalue weighted by atomic mass is 9.54. The quantitative estimate of drug-likeness (QED) is 0.649. The Kier molecular flexibility index (Phi) is 4.52. The molecular formula is C18H28N4OS. The summed E-state index contributed by atoms with van der Waals surface area (Å²) in [6, 6.07) is 0.517. The predicted octanol–water partition coefficient (Wildman–Crippen LogP) is 2.85. The summed E-state index contributed by atoms with van der Waals surface area (Å²) >= 11 is 1.73. The van der Waals surface area contributed by atoms with Crippen molar-refractivity contribution in [2.75, 3.05) is 13.2 Å². The molecule has 1 aromatic heterocycles. The zero-order valence-electron chi connectivity index (χ0n) is 14.7. The van der Waals surface area contributed by atoms with Crippen molar-refractivity contribution in [2.24, 2.45) is 16.3 Å². The van der Waals surface area contributed by atoms with Gasteiger partial charge in [0.25, 0.3) is 0 Å². The fourth-order valence-corrected chi connectivity index (χ4v) is 5.70. The van der Waals surface area contributed by atoms with E-state index < -0.39 is 0 Å². The average Bonchev–Trinajstić information content (AvgIpc) is 3.29. The SMILES string of the molecule is CCNC(=NCc1ncc(C)s1)NC1C2CCOC2C12CCCC2. The fraction of sp³-hybridized carbons (Fsp3) is 0.778. The van der Waals surface area contributed by atoms with Gasteiger partial charge in [0.2, 0.25) is 0 Å². The van der Waals surface area contributed by atoms with Crippen LogP contribution in [0.3, 0.4) is 0 Å². The molecule has 3 unspecified atom stereocenters. The summed E-state index contributed by atoms with van der Waals surface area (Å²) in [7, 11) is 0. The first kappa shape index (κ1) is 16.3. The van der Waals surface area contributed by atoms with Crippen LogP contribution in [0.15, 0.2) is 11.2 Å². The molecule has 2 saturated carbocycles. The smallest absolute Gasteiger partial charge is 0.191 e. The highest BCUT2D eigenvalue weighted by atomic mass is 32.1. The molecule has 1 aliphatic heterocycles. The van der Waals surface area contributed by atoms with Crippen molar-refractivity contribution in [3.63, 3.8) is 0 Å². The number of guanidine groups is 1. The summed E-state index contributed by atoms with van der Waals surface area (Å²) in [6.45, 7) is 6.68. The number of fused-ring (bicyclic) bond motifs is 2. The maximum atomic E-state index is 6.08. The third-order valence-electron chi connectivity index (χ3n) is 5.96. The van der Waals surface area contributed by atoms with Gasteiger partial charge in [-0.05, 0) is 33.1 Å². The molecule has 5 nitrogen and oxygen atoms in total. The van der Waals surface area contributed by atoms with Gasteiger partial charge in [-0.2, -0.15) is 0 Å². The molecule has 3 aliphatic rings. The van der Waals surface area contributed by atoms with Gasteiger partial charge in [-0.15, -0.1) is 11.3 Å². The zero-order chi connectivity index (χ0) is 16.6. The normalized spacial score (nSPS) is 31.1. The Balaban J connectivity index is 1.47. The van der Waals surface area contributed by atoms with Crippen LogP contribution in [-0.4, -0.2) is 36.2 Å². The van der Waals surface area contributed by atoms with Gasteiger partial charge in [-0.3, -0.25) is 0 Å². The van der Waals surface area contributed by atoms with E-state index in [0.29, 0.717) is 30.0 Å². The first-order chi connectivity index (χ1) is 11.7. The van der Waals surface area contributed by atoms with E-state index >= 15 is 0 Å². The van der Waals surface area contributed by atoms with Gasteiger partial charge >= 0.3 is 0 Å². The van der Waals surface area contributed by atoms with Crippen molar-refractivity contribution in [3.8, 4) is 0 Å². The lowest BCUT2D eigenvalue weighted by Gasteiger charge is -2.57. The number of rotatable bonds is 4. The highest BCUT2D eigenvalue weighted by molar-refractivity contribution is 7.11. The van der Waals surface area contributed by atoms with Crippen LogP contribution >= 0.6 is 11.3 Å². The number of nitrogens with zero attached hydrogens (tertiary/aromatic N) is 2. The Morgan fingerprint density at radius 2 is 2.29 bits per heavy atom. The van der Waals surface area contributed by atoms with Gasteiger partial charge in [0.05, 0.1) is 12.6 Å². The Bertz CT molecular complexity index is 608. The minimum atomic E-state index is 0.356. The van der Waals surface area contributed by atoms with Gasteiger partial charge in [-0.25, -0.2) is 9.98 Å². The molecular weight excluding hydrogens is 320 g/mol. The Morgan fingerprint density at radius 3 is 3.00 bits per heavy atom. The van der Waals surface area contributed by atoms with Crippen LogP contribution in [0.5, 0.6) is 0 Å². The minimum Gasteiger partial charge on any atom is -0.377 e. The van der Waals surface area contributed by atoms with Crippen LogP contribution in [0.4, 0.5) is 0 Å². The fourth-order valence-electron chi connectivity index (χ4n) is 4.99. The van der Waals surface area contributed by atoms with Gasteiger partial charge < -0.3 is 15.4 Å². The first-order valence-electron chi connectivity index (χ1n) is 9.31. The molecule has 2 aliphatic carbocycles. The molecule has 3 fully saturated rings. The van der Waals surface area contributed by atoms with Crippen LogP contribution in [0.25, 0.3) is 0 Å². The van der Waals surface area contributed by atoms with E-state index in [4.69, 9.17) is 9.73 Å². The summed E-state index contributed by atoms with van der Waals surface area (Å²) in [6.07, 6.45) is 8.90. The summed E-state index contributed by atoms with van der Waals surface area (Å²) < 4.78 is 6.08. The number of nitrogens with one attached hydrogen (secondary N) is 2. The van der Waals surface area contributed by atoms with E-state index in [9.17, 15) is 0 Å². The first-order valence-corrected chi connectivity index (χ1v) is 10.1. The third kappa shape index (κ3) is 2.73. The van der Waals surface area contributed by atoms with Gasteiger partial charge in [0.1, 0.15) is 5.01 Å². The van der Waals surface area contributed by atoms with E-state index in [0.717, 1.165) is 24.1 Å². The van der Waals surface area contributed by atoms with Gasteiger partial charge in [0.15, 0.2) is 5.96 Å². The molecule has 4 rings (SSSR count). The number of hydrogen-bond acceptors (Lipinski definition) is 4. The molecule has 0 aromatic carbocycles. The zero-order valence-corrected chi connectivity index (χ0v) is 15.5. The number of aromatic nitrogens is 1. The number of aryl methyl sites for hydroxylation is 1. The van der Waals surface area contributed by atoms with Crippen LogP contribution in [-0.2, 0) is 11.3 Å². The van der Waals surface area contributed by atoms with Crippen molar-refractivity contribution in [1.29, 1.82) is 0 Å². The molecule has 1 saturated heterocycles. The highest BCUT2D eigenvalue weighted by Gasteiger charge is 2.65. The van der Waals surface area contributed by atoms with Gasteiger partial charge in [0, 0.05) is 41.6 Å². The highest BCUT2D eigenvalue weighted by Crippen LogP contribution is 2.60. The van der Waals surface area contributed by atoms with Crippen LogP contribution in [0.1, 0.15) is 48.9 Å². The lowest BCUT2D eigenvalue weighted by Crippen LogP contribution is -2.69. The molecule has 6 heteroatoms. The molecule has 2 N–H and O–H groups in total. The Morgan fingerprint density at radius 1 is 1.46 bits per heavy atom. The van der Waals surface area contributed by atoms with E-state index in [1.54, 1.807) is 11.3 Å². The molecule has 24 heavy (non-hydrogen) atoms. The maximum Gasteiger partial charge on any atom is 0.191 e. The standard InChI is InChI=1S/C18H28N4OS/c1-3-19-17(21-11-14-20-10-12(2)24-14)22-15-13-6-9-23-16(13)18(15)7-4-5-8-18/h10,13,15-16H,3-9,11H2,1-2H3,(H2,19,21,22). The Labute approximate surface area is 148 Å². The second-order valence-electron chi connectivity index (χ2n) is 7.37.